The van der Waals surface area contributed by atoms with Crippen molar-refractivity contribution >= 4 is 41.1 Å². The Morgan fingerprint density at radius 3 is 2.44 bits per heavy atom. The molecule has 1 spiro atoms. The summed E-state index contributed by atoms with van der Waals surface area (Å²) in [5, 5.41) is 0.790. The normalized spacial score (nSPS) is 18.0. The fourth-order valence-electron chi connectivity index (χ4n) is 4.61. The molecule has 2 aromatic carbocycles. The van der Waals surface area contributed by atoms with Gasteiger partial charge in [-0.2, -0.15) is 13.2 Å². The van der Waals surface area contributed by atoms with Gasteiger partial charge in [0.1, 0.15) is 0 Å². The molecule has 1 saturated heterocycles. The third-order valence-corrected chi connectivity index (χ3v) is 6.79. The molecule has 0 radical (unpaired) electrons. The quantitative estimate of drug-likeness (QED) is 0.520. The van der Waals surface area contributed by atoms with E-state index in [0.29, 0.717) is 41.5 Å². The van der Waals surface area contributed by atoms with E-state index in [1.807, 2.05) is 0 Å². The molecule has 2 aliphatic heterocycles. The van der Waals surface area contributed by atoms with Gasteiger partial charge < -0.3 is 9.80 Å². The molecule has 168 valence electrons. The molecule has 2 aromatic rings. The van der Waals surface area contributed by atoms with Crippen LogP contribution < -0.4 is 0 Å². The highest BCUT2D eigenvalue weighted by molar-refractivity contribution is 6.36. The highest BCUT2D eigenvalue weighted by Gasteiger charge is 2.51. The molecule has 4 nitrogen and oxygen atoms in total. The van der Waals surface area contributed by atoms with Gasteiger partial charge >= 0.3 is 6.18 Å². The van der Waals surface area contributed by atoms with E-state index >= 15 is 0 Å². The fourth-order valence-corrected chi connectivity index (χ4v) is 5.28. The van der Waals surface area contributed by atoms with Crippen LogP contribution in [0.1, 0.15) is 39.9 Å². The highest BCUT2D eigenvalue weighted by Crippen LogP contribution is 2.49. The first-order valence-corrected chi connectivity index (χ1v) is 10.7. The summed E-state index contributed by atoms with van der Waals surface area (Å²) in [7, 11) is 1.71. The Hall–Kier alpha value is -2.51. The standard InChI is InChI=1S/C23H19Cl2F3N2O2/c1-29-21(32)16-12-15(24)13-18(25)20(16)22(29)8-10-30(11-9-22)19(31)7-6-14-4-2-3-5-17(14)23(26,27)28/h2-7,12-13H,8-11H2,1H3/b7-6+. The van der Waals surface area contributed by atoms with Crippen LogP contribution in [0.2, 0.25) is 10.0 Å². The number of amides is 2. The summed E-state index contributed by atoms with van der Waals surface area (Å²) in [5.41, 5.74) is -0.318. The van der Waals surface area contributed by atoms with Crippen LogP contribution in [-0.2, 0) is 16.5 Å². The van der Waals surface area contributed by atoms with Gasteiger partial charge in [-0.1, -0.05) is 41.4 Å². The second kappa shape index (κ2) is 8.12. The molecular weight excluding hydrogens is 464 g/mol. The van der Waals surface area contributed by atoms with Crippen LogP contribution >= 0.6 is 23.2 Å². The number of halogens is 5. The molecule has 4 rings (SSSR count). The van der Waals surface area contributed by atoms with Gasteiger partial charge in [0.05, 0.1) is 11.1 Å². The van der Waals surface area contributed by atoms with Gasteiger partial charge in [-0.3, -0.25) is 9.59 Å². The van der Waals surface area contributed by atoms with Crippen molar-refractivity contribution in [1.82, 2.24) is 9.80 Å². The molecule has 0 unspecified atom stereocenters. The minimum absolute atomic E-state index is 0.0689. The number of carbonyl (C=O) groups excluding carboxylic acids is 2. The average Bonchev–Trinajstić information content (AvgIpc) is 2.94. The Bertz CT molecular complexity index is 1120. The van der Waals surface area contributed by atoms with Gasteiger partial charge in [-0.05, 0) is 42.7 Å². The molecule has 0 saturated carbocycles. The van der Waals surface area contributed by atoms with E-state index in [0.717, 1.165) is 17.7 Å². The summed E-state index contributed by atoms with van der Waals surface area (Å²) in [6.45, 7) is 0.667. The van der Waals surface area contributed by atoms with Crippen molar-refractivity contribution in [3.8, 4) is 0 Å². The molecule has 2 amide bonds. The molecule has 0 N–H and O–H groups in total. The molecule has 32 heavy (non-hydrogen) atoms. The van der Waals surface area contributed by atoms with Crippen LogP contribution in [0.15, 0.2) is 42.5 Å². The fraction of sp³-hybridized carbons (Fsp3) is 0.304. The first kappa shape index (κ1) is 22.7. The van der Waals surface area contributed by atoms with Crippen molar-refractivity contribution in [1.29, 1.82) is 0 Å². The topological polar surface area (TPSA) is 40.6 Å². The minimum atomic E-state index is -4.50. The number of benzene rings is 2. The number of hydrogen-bond acceptors (Lipinski definition) is 2. The van der Waals surface area contributed by atoms with Crippen molar-refractivity contribution in [2.75, 3.05) is 20.1 Å². The van der Waals surface area contributed by atoms with Crippen LogP contribution in [0, 0.1) is 0 Å². The Morgan fingerprint density at radius 1 is 1.12 bits per heavy atom. The first-order valence-electron chi connectivity index (χ1n) is 9.95. The molecule has 2 aliphatic rings. The number of alkyl halides is 3. The largest absolute Gasteiger partial charge is 0.416 e. The molecule has 1 fully saturated rings. The van der Waals surface area contributed by atoms with Crippen molar-refractivity contribution in [2.45, 2.75) is 24.6 Å². The third kappa shape index (κ3) is 3.77. The maximum atomic E-state index is 13.2. The zero-order chi connectivity index (χ0) is 23.3. The second-order valence-electron chi connectivity index (χ2n) is 7.95. The van der Waals surface area contributed by atoms with Crippen LogP contribution in [-0.4, -0.2) is 41.8 Å². The van der Waals surface area contributed by atoms with Gasteiger partial charge in [0, 0.05) is 47.4 Å². The third-order valence-electron chi connectivity index (χ3n) is 6.27. The summed E-state index contributed by atoms with van der Waals surface area (Å²) < 4.78 is 39.5. The van der Waals surface area contributed by atoms with E-state index in [9.17, 15) is 22.8 Å². The van der Waals surface area contributed by atoms with Crippen molar-refractivity contribution < 1.29 is 22.8 Å². The number of nitrogens with zero attached hydrogens (tertiary/aromatic N) is 2. The zero-order valence-electron chi connectivity index (χ0n) is 17.0. The molecule has 0 aliphatic carbocycles. The van der Waals surface area contributed by atoms with E-state index in [1.165, 1.54) is 24.3 Å². The number of carbonyl (C=O) groups is 2. The summed E-state index contributed by atoms with van der Waals surface area (Å²) in [6, 6.07) is 8.31. The number of likely N-dealkylation sites (tertiary alicyclic amines) is 1. The molecule has 0 aromatic heterocycles. The monoisotopic (exact) mass is 482 g/mol. The summed E-state index contributed by atoms with van der Waals surface area (Å²) in [4.78, 5) is 28.7. The lowest BCUT2D eigenvalue weighted by atomic mass is 9.81. The Balaban J connectivity index is 1.53. The van der Waals surface area contributed by atoms with E-state index in [2.05, 4.69) is 0 Å². The summed E-state index contributed by atoms with van der Waals surface area (Å²) in [6.07, 6.45) is -1.23. The van der Waals surface area contributed by atoms with Gasteiger partial charge in [0.2, 0.25) is 5.91 Å². The first-order chi connectivity index (χ1) is 15.0. The predicted molar refractivity (Wildman–Crippen MR) is 117 cm³/mol. The SMILES string of the molecule is CN1C(=O)c2cc(Cl)cc(Cl)c2C12CCN(C(=O)/C=C/c1ccccc1C(F)(F)F)CC2. The molecular formula is C23H19Cl2F3N2O2. The van der Waals surface area contributed by atoms with Crippen molar-refractivity contribution in [2.24, 2.45) is 0 Å². The lowest BCUT2D eigenvalue weighted by molar-refractivity contribution is -0.137. The van der Waals surface area contributed by atoms with Crippen LogP contribution in [0.4, 0.5) is 13.2 Å². The maximum absolute atomic E-state index is 13.2. The summed E-state index contributed by atoms with van der Waals surface area (Å²) >= 11 is 12.5. The average molecular weight is 483 g/mol. The Morgan fingerprint density at radius 2 is 1.78 bits per heavy atom. The zero-order valence-corrected chi connectivity index (χ0v) is 18.6. The van der Waals surface area contributed by atoms with Crippen molar-refractivity contribution in [3.63, 3.8) is 0 Å². The number of rotatable bonds is 2. The second-order valence-corrected chi connectivity index (χ2v) is 8.79. The van der Waals surface area contributed by atoms with E-state index < -0.39 is 17.3 Å². The van der Waals surface area contributed by atoms with Gasteiger partial charge in [0.25, 0.3) is 5.91 Å². The summed E-state index contributed by atoms with van der Waals surface area (Å²) in [5.74, 6) is -0.556. The number of piperidine rings is 1. The van der Waals surface area contributed by atoms with E-state index in [1.54, 1.807) is 29.0 Å². The van der Waals surface area contributed by atoms with E-state index in [4.69, 9.17) is 23.2 Å². The molecule has 2 heterocycles. The van der Waals surface area contributed by atoms with Gasteiger partial charge in [0.15, 0.2) is 0 Å². The molecule has 9 heteroatoms. The lowest BCUT2D eigenvalue weighted by Gasteiger charge is -2.44. The van der Waals surface area contributed by atoms with E-state index in [-0.39, 0.29) is 17.4 Å². The van der Waals surface area contributed by atoms with Gasteiger partial charge in [-0.25, -0.2) is 0 Å². The number of hydrogen-bond donors (Lipinski definition) is 0. The Labute approximate surface area is 193 Å². The van der Waals surface area contributed by atoms with Crippen LogP contribution in [0.5, 0.6) is 0 Å². The van der Waals surface area contributed by atoms with Crippen LogP contribution in [0.3, 0.4) is 0 Å². The highest BCUT2D eigenvalue weighted by atomic mass is 35.5. The minimum Gasteiger partial charge on any atom is -0.339 e. The van der Waals surface area contributed by atoms with Crippen LogP contribution in [0.25, 0.3) is 6.08 Å². The molecule has 0 atom stereocenters. The Kier molecular flexibility index (Phi) is 5.75. The lowest BCUT2D eigenvalue weighted by Crippen LogP contribution is -2.51. The predicted octanol–water partition coefficient (Wildman–Crippen LogP) is 5.63. The number of fused-ring (bicyclic) bond motifs is 2. The maximum Gasteiger partial charge on any atom is 0.416 e. The van der Waals surface area contributed by atoms with Crippen molar-refractivity contribution in [3.05, 3.63) is 74.8 Å². The molecule has 0 bridgehead atoms. The van der Waals surface area contributed by atoms with Gasteiger partial charge in [-0.15, -0.1) is 0 Å². The smallest absolute Gasteiger partial charge is 0.339 e.